The molecule has 8 heteroatoms. The maximum atomic E-state index is 12.0. The molecule has 0 unspecified atom stereocenters. The van der Waals surface area contributed by atoms with Crippen molar-refractivity contribution in [2.45, 2.75) is 19.8 Å². The quantitative estimate of drug-likeness (QED) is 0.610. The Bertz CT molecular complexity index is 940. The lowest BCUT2D eigenvalue weighted by Gasteiger charge is -2.08. The highest BCUT2D eigenvalue weighted by atomic mass is 35.5. The van der Waals surface area contributed by atoms with Crippen molar-refractivity contribution in [3.63, 3.8) is 0 Å². The van der Waals surface area contributed by atoms with E-state index >= 15 is 0 Å². The third kappa shape index (κ3) is 4.99. The smallest absolute Gasteiger partial charge is 0.322 e. The summed E-state index contributed by atoms with van der Waals surface area (Å²) < 4.78 is 10.9. The van der Waals surface area contributed by atoms with Crippen molar-refractivity contribution >= 4 is 35.1 Å². The molecule has 2 aromatic carbocycles. The Hall–Kier alpha value is -2.57. The summed E-state index contributed by atoms with van der Waals surface area (Å²) in [7, 11) is 0. The van der Waals surface area contributed by atoms with Crippen LogP contribution in [-0.4, -0.2) is 22.7 Å². The number of carbonyl (C=O) groups is 1. The molecule has 0 bridgehead atoms. The SMILES string of the molecule is CC(C)c1ccc(OCC(=O)Nc2nnc(-c3ccc(Cl)cc3Cl)o2)cc1. The van der Waals surface area contributed by atoms with E-state index < -0.39 is 5.91 Å². The van der Waals surface area contributed by atoms with E-state index in [1.165, 1.54) is 5.56 Å². The summed E-state index contributed by atoms with van der Waals surface area (Å²) in [5, 5.41) is 11.0. The molecule has 6 nitrogen and oxygen atoms in total. The summed E-state index contributed by atoms with van der Waals surface area (Å²) >= 11 is 12.0. The van der Waals surface area contributed by atoms with E-state index in [1.807, 2.05) is 24.3 Å². The van der Waals surface area contributed by atoms with Crippen LogP contribution in [0, 0.1) is 0 Å². The lowest BCUT2D eigenvalue weighted by molar-refractivity contribution is -0.118. The number of halogens is 2. The Kier molecular flexibility index (Phi) is 5.98. The first-order valence-corrected chi connectivity index (χ1v) is 8.99. The minimum atomic E-state index is -0.416. The van der Waals surface area contributed by atoms with Gasteiger partial charge in [0.2, 0.25) is 0 Å². The van der Waals surface area contributed by atoms with Gasteiger partial charge in [-0.15, -0.1) is 5.10 Å². The number of benzene rings is 2. The highest BCUT2D eigenvalue weighted by Crippen LogP contribution is 2.30. The fraction of sp³-hybridized carbons (Fsp3) is 0.211. The van der Waals surface area contributed by atoms with Gasteiger partial charge in [0.15, 0.2) is 6.61 Å². The number of aromatic nitrogens is 2. The molecule has 0 saturated heterocycles. The third-order valence-corrected chi connectivity index (χ3v) is 4.30. The Morgan fingerprint density at radius 2 is 1.89 bits per heavy atom. The Balaban J connectivity index is 1.57. The summed E-state index contributed by atoms with van der Waals surface area (Å²) in [6.07, 6.45) is 0. The summed E-state index contributed by atoms with van der Waals surface area (Å²) in [6.45, 7) is 4.04. The minimum Gasteiger partial charge on any atom is -0.484 e. The van der Waals surface area contributed by atoms with Crippen LogP contribution in [0.3, 0.4) is 0 Å². The number of hydrogen-bond donors (Lipinski definition) is 1. The molecule has 0 fully saturated rings. The molecule has 27 heavy (non-hydrogen) atoms. The molecule has 0 aliphatic carbocycles. The second-order valence-corrected chi connectivity index (χ2v) is 6.94. The van der Waals surface area contributed by atoms with Gasteiger partial charge in [-0.3, -0.25) is 10.1 Å². The van der Waals surface area contributed by atoms with Crippen molar-refractivity contribution < 1.29 is 13.9 Å². The molecule has 1 aromatic heterocycles. The number of ether oxygens (including phenoxy) is 1. The van der Waals surface area contributed by atoms with Crippen LogP contribution < -0.4 is 10.1 Å². The fourth-order valence-corrected chi connectivity index (χ4v) is 2.79. The zero-order valence-electron chi connectivity index (χ0n) is 14.7. The molecule has 3 aromatic rings. The number of hydrogen-bond acceptors (Lipinski definition) is 5. The van der Waals surface area contributed by atoms with Gasteiger partial charge in [0, 0.05) is 5.02 Å². The molecule has 0 saturated carbocycles. The average Bonchev–Trinajstić information content (AvgIpc) is 3.08. The minimum absolute atomic E-state index is 0.0419. The first kappa shape index (κ1) is 19.2. The highest BCUT2D eigenvalue weighted by Gasteiger charge is 2.14. The zero-order chi connectivity index (χ0) is 19.4. The summed E-state index contributed by atoms with van der Waals surface area (Å²) in [6, 6.07) is 12.4. The summed E-state index contributed by atoms with van der Waals surface area (Å²) in [5.74, 6) is 0.800. The van der Waals surface area contributed by atoms with Gasteiger partial charge in [-0.2, -0.15) is 0 Å². The largest absolute Gasteiger partial charge is 0.484 e. The first-order valence-electron chi connectivity index (χ1n) is 8.24. The van der Waals surface area contributed by atoms with E-state index in [0.29, 0.717) is 27.3 Å². The Morgan fingerprint density at radius 3 is 2.56 bits per heavy atom. The second-order valence-electron chi connectivity index (χ2n) is 6.10. The van der Waals surface area contributed by atoms with Crippen LogP contribution in [0.25, 0.3) is 11.5 Å². The van der Waals surface area contributed by atoms with Crippen molar-refractivity contribution in [3.05, 3.63) is 58.1 Å². The van der Waals surface area contributed by atoms with Gasteiger partial charge in [-0.05, 0) is 41.8 Å². The van der Waals surface area contributed by atoms with Crippen molar-refractivity contribution in [2.24, 2.45) is 0 Å². The average molecular weight is 406 g/mol. The van der Waals surface area contributed by atoms with Gasteiger partial charge < -0.3 is 9.15 Å². The number of amides is 1. The second kappa shape index (κ2) is 8.41. The van der Waals surface area contributed by atoms with E-state index in [2.05, 4.69) is 29.4 Å². The standard InChI is InChI=1S/C19H17Cl2N3O3/c1-11(2)12-3-6-14(7-4-12)26-10-17(25)22-19-24-23-18(27-19)15-8-5-13(20)9-16(15)21/h3-9,11H,10H2,1-2H3,(H,22,24,25). The molecule has 0 spiro atoms. The van der Waals surface area contributed by atoms with Gasteiger partial charge in [-0.25, -0.2) is 0 Å². The molecular formula is C19H17Cl2N3O3. The van der Waals surface area contributed by atoms with Crippen molar-refractivity contribution in [3.8, 4) is 17.2 Å². The molecular weight excluding hydrogens is 389 g/mol. The van der Waals surface area contributed by atoms with Crippen molar-refractivity contribution in [1.82, 2.24) is 10.2 Å². The third-order valence-electron chi connectivity index (χ3n) is 3.75. The summed E-state index contributed by atoms with van der Waals surface area (Å²) in [4.78, 5) is 12.0. The van der Waals surface area contributed by atoms with E-state index in [1.54, 1.807) is 18.2 Å². The molecule has 3 rings (SSSR count). The zero-order valence-corrected chi connectivity index (χ0v) is 16.2. The fourth-order valence-electron chi connectivity index (χ4n) is 2.30. The number of carbonyl (C=O) groups excluding carboxylic acids is 1. The highest BCUT2D eigenvalue weighted by molar-refractivity contribution is 6.36. The number of rotatable bonds is 6. The van der Waals surface area contributed by atoms with Crippen LogP contribution in [0.1, 0.15) is 25.3 Å². The topological polar surface area (TPSA) is 77.2 Å². The van der Waals surface area contributed by atoms with E-state index in [-0.39, 0.29) is 18.5 Å². The molecule has 0 aliphatic rings. The molecule has 1 N–H and O–H groups in total. The van der Waals surface area contributed by atoms with Gasteiger partial charge in [0.25, 0.3) is 11.8 Å². The Morgan fingerprint density at radius 1 is 1.15 bits per heavy atom. The first-order chi connectivity index (χ1) is 12.9. The van der Waals surface area contributed by atoms with Crippen LogP contribution in [0.5, 0.6) is 5.75 Å². The van der Waals surface area contributed by atoms with Gasteiger partial charge in [-0.1, -0.05) is 54.3 Å². The maximum absolute atomic E-state index is 12.0. The van der Waals surface area contributed by atoms with E-state index in [0.717, 1.165) is 0 Å². The molecule has 0 atom stereocenters. The van der Waals surface area contributed by atoms with Crippen molar-refractivity contribution in [2.75, 3.05) is 11.9 Å². The number of anilines is 1. The molecule has 0 aliphatic heterocycles. The van der Waals surface area contributed by atoms with Crippen LogP contribution in [0.2, 0.25) is 10.0 Å². The monoisotopic (exact) mass is 405 g/mol. The molecule has 1 amide bonds. The lowest BCUT2D eigenvalue weighted by Crippen LogP contribution is -2.20. The molecule has 1 heterocycles. The van der Waals surface area contributed by atoms with Gasteiger partial charge in [0.05, 0.1) is 10.6 Å². The Labute approximate surface area is 166 Å². The normalized spacial score (nSPS) is 10.9. The molecule has 0 radical (unpaired) electrons. The van der Waals surface area contributed by atoms with E-state index in [9.17, 15) is 4.79 Å². The van der Waals surface area contributed by atoms with Gasteiger partial charge >= 0.3 is 6.01 Å². The van der Waals surface area contributed by atoms with Crippen LogP contribution >= 0.6 is 23.2 Å². The molecule has 140 valence electrons. The predicted molar refractivity (Wildman–Crippen MR) is 104 cm³/mol. The van der Waals surface area contributed by atoms with Crippen molar-refractivity contribution in [1.29, 1.82) is 0 Å². The summed E-state index contributed by atoms with van der Waals surface area (Å²) in [5.41, 5.74) is 1.72. The number of nitrogens with one attached hydrogen (secondary N) is 1. The van der Waals surface area contributed by atoms with Crippen LogP contribution in [-0.2, 0) is 4.79 Å². The van der Waals surface area contributed by atoms with E-state index in [4.69, 9.17) is 32.4 Å². The van der Waals surface area contributed by atoms with Crippen LogP contribution in [0.4, 0.5) is 6.01 Å². The lowest BCUT2D eigenvalue weighted by atomic mass is 10.0. The predicted octanol–water partition coefficient (Wildman–Crippen LogP) is 5.18. The number of nitrogens with zero attached hydrogens (tertiary/aromatic N) is 2. The van der Waals surface area contributed by atoms with Crippen LogP contribution in [0.15, 0.2) is 46.9 Å². The van der Waals surface area contributed by atoms with Gasteiger partial charge in [0.1, 0.15) is 5.75 Å². The maximum Gasteiger partial charge on any atom is 0.322 e.